The molecular weight excluding hydrogens is 517 g/mol. The van der Waals surface area contributed by atoms with Crippen molar-refractivity contribution < 1.29 is 22.4 Å². The molecule has 196 valence electrons. The Balaban J connectivity index is 2.05. The predicted octanol–water partition coefficient (Wildman–Crippen LogP) is 4.45. The van der Waals surface area contributed by atoms with Gasteiger partial charge in [0.25, 0.3) is 10.0 Å². The minimum absolute atomic E-state index is 0.0184. The van der Waals surface area contributed by atoms with Crippen LogP contribution < -0.4 is 9.62 Å². The van der Waals surface area contributed by atoms with E-state index in [2.05, 4.69) is 5.32 Å². The van der Waals surface area contributed by atoms with E-state index >= 15 is 0 Å². The number of amides is 2. The summed E-state index contributed by atoms with van der Waals surface area (Å²) in [4.78, 5) is 27.4. The summed E-state index contributed by atoms with van der Waals surface area (Å²) in [6.07, 6.45) is 0. The number of sulfonamides is 1. The summed E-state index contributed by atoms with van der Waals surface area (Å²) in [5, 5.41) is 2.89. The number of nitrogens with zero attached hydrogens (tertiary/aromatic N) is 2. The Morgan fingerprint density at radius 2 is 1.59 bits per heavy atom. The van der Waals surface area contributed by atoms with Gasteiger partial charge in [0.2, 0.25) is 11.8 Å². The van der Waals surface area contributed by atoms with E-state index in [-0.39, 0.29) is 11.4 Å². The van der Waals surface area contributed by atoms with E-state index in [0.717, 1.165) is 15.4 Å². The van der Waals surface area contributed by atoms with Crippen molar-refractivity contribution >= 4 is 39.1 Å². The molecule has 0 radical (unpaired) electrons. The molecule has 0 spiro atoms. The van der Waals surface area contributed by atoms with Gasteiger partial charge in [-0.3, -0.25) is 13.9 Å². The van der Waals surface area contributed by atoms with E-state index in [1.807, 2.05) is 13.8 Å². The van der Waals surface area contributed by atoms with Crippen LogP contribution in [0.3, 0.4) is 0 Å². The molecule has 10 heteroatoms. The smallest absolute Gasteiger partial charge is 0.264 e. The van der Waals surface area contributed by atoms with Crippen molar-refractivity contribution in [2.75, 3.05) is 17.9 Å². The third-order valence-electron chi connectivity index (χ3n) is 6.14. The Bertz CT molecular complexity index is 1380. The molecule has 37 heavy (non-hydrogen) atoms. The first-order valence-electron chi connectivity index (χ1n) is 11.5. The van der Waals surface area contributed by atoms with Crippen LogP contribution in [-0.4, -0.2) is 44.8 Å². The van der Waals surface area contributed by atoms with Crippen LogP contribution in [-0.2, 0) is 26.2 Å². The molecule has 1 unspecified atom stereocenters. The van der Waals surface area contributed by atoms with Gasteiger partial charge in [0, 0.05) is 18.6 Å². The minimum Gasteiger partial charge on any atom is -0.357 e. The molecule has 0 aliphatic rings. The van der Waals surface area contributed by atoms with Gasteiger partial charge in [-0.25, -0.2) is 12.8 Å². The van der Waals surface area contributed by atoms with Gasteiger partial charge < -0.3 is 10.2 Å². The quantitative estimate of drug-likeness (QED) is 0.430. The zero-order valence-corrected chi connectivity index (χ0v) is 22.6. The normalized spacial score (nSPS) is 12.1. The van der Waals surface area contributed by atoms with Gasteiger partial charge in [-0.2, -0.15) is 0 Å². The number of carbonyl (C=O) groups is 2. The topological polar surface area (TPSA) is 86.8 Å². The average Bonchev–Trinajstić information content (AvgIpc) is 2.87. The van der Waals surface area contributed by atoms with Crippen molar-refractivity contribution in [2.24, 2.45) is 0 Å². The molecule has 0 aliphatic carbocycles. The molecule has 3 aromatic carbocycles. The summed E-state index contributed by atoms with van der Waals surface area (Å²) in [6, 6.07) is 15.4. The number of anilines is 1. The standard InChI is InChI=1S/C27H29ClFN3O4S/c1-18-5-12-24(15-19(18)2)32(37(35,36)25-13-8-22(28)9-14-25)17-26(33)31(20(3)27(34)30-4)16-21-6-10-23(29)11-7-21/h5-15,20H,16-17H2,1-4H3,(H,30,34). The Hall–Kier alpha value is -3.43. The average molecular weight is 546 g/mol. The lowest BCUT2D eigenvalue weighted by atomic mass is 10.1. The molecular formula is C27H29ClFN3O4S. The Kier molecular flexibility index (Phi) is 8.94. The summed E-state index contributed by atoms with van der Waals surface area (Å²) in [5.41, 5.74) is 2.71. The van der Waals surface area contributed by atoms with Crippen molar-refractivity contribution in [1.82, 2.24) is 10.2 Å². The molecule has 1 atom stereocenters. The highest BCUT2D eigenvalue weighted by Crippen LogP contribution is 2.27. The summed E-state index contributed by atoms with van der Waals surface area (Å²) in [6.45, 7) is 4.72. The number of likely N-dealkylation sites (N-methyl/N-ethyl adjacent to an activating group) is 1. The molecule has 7 nitrogen and oxygen atoms in total. The SMILES string of the molecule is CNC(=O)C(C)N(Cc1ccc(F)cc1)C(=O)CN(c1ccc(C)c(C)c1)S(=O)(=O)c1ccc(Cl)cc1. The van der Waals surface area contributed by atoms with Crippen molar-refractivity contribution in [2.45, 2.75) is 38.3 Å². The van der Waals surface area contributed by atoms with Crippen LogP contribution in [0, 0.1) is 19.7 Å². The van der Waals surface area contributed by atoms with Gasteiger partial charge in [-0.15, -0.1) is 0 Å². The second-order valence-corrected chi connectivity index (χ2v) is 11.0. The largest absolute Gasteiger partial charge is 0.357 e. The van der Waals surface area contributed by atoms with Crippen LogP contribution in [0.25, 0.3) is 0 Å². The summed E-state index contributed by atoms with van der Waals surface area (Å²) < 4.78 is 42.0. The van der Waals surface area contributed by atoms with Crippen LogP contribution in [0.1, 0.15) is 23.6 Å². The number of rotatable bonds is 9. The van der Waals surface area contributed by atoms with Crippen molar-refractivity contribution in [3.63, 3.8) is 0 Å². The highest BCUT2D eigenvalue weighted by Gasteiger charge is 2.32. The molecule has 0 bridgehead atoms. The highest BCUT2D eigenvalue weighted by molar-refractivity contribution is 7.92. The Labute approximate surface area is 221 Å². The number of carbonyl (C=O) groups excluding carboxylic acids is 2. The summed E-state index contributed by atoms with van der Waals surface area (Å²) in [7, 11) is -2.73. The summed E-state index contributed by atoms with van der Waals surface area (Å²) >= 11 is 5.96. The van der Waals surface area contributed by atoms with Crippen LogP contribution >= 0.6 is 11.6 Å². The molecule has 0 fully saturated rings. The lowest BCUT2D eigenvalue weighted by Gasteiger charge is -2.32. The number of benzene rings is 3. The van der Waals surface area contributed by atoms with Gasteiger partial charge in [-0.05, 0) is 86.0 Å². The van der Waals surface area contributed by atoms with Crippen molar-refractivity contribution in [3.8, 4) is 0 Å². The maximum Gasteiger partial charge on any atom is 0.264 e. The fraction of sp³-hybridized carbons (Fsp3) is 0.259. The maximum absolute atomic E-state index is 13.7. The number of aryl methyl sites for hydroxylation is 2. The van der Waals surface area contributed by atoms with E-state index in [0.29, 0.717) is 16.3 Å². The fourth-order valence-electron chi connectivity index (χ4n) is 3.72. The van der Waals surface area contributed by atoms with Gasteiger partial charge in [0.1, 0.15) is 18.4 Å². The van der Waals surface area contributed by atoms with Crippen LogP contribution in [0.5, 0.6) is 0 Å². The van der Waals surface area contributed by atoms with E-state index in [1.165, 1.54) is 60.5 Å². The third-order valence-corrected chi connectivity index (χ3v) is 8.18. The van der Waals surface area contributed by atoms with Gasteiger partial charge >= 0.3 is 0 Å². The van der Waals surface area contributed by atoms with Crippen molar-refractivity contribution in [1.29, 1.82) is 0 Å². The zero-order chi connectivity index (χ0) is 27.3. The molecule has 3 aromatic rings. The second-order valence-electron chi connectivity index (χ2n) is 8.67. The molecule has 0 aromatic heterocycles. The molecule has 0 heterocycles. The molecule has 0 saturated heterocycles. The first-order chi connectivity index (χ1) is 17.4. The van der Waals surface area contributed by atoms with Crippen LogP contribution in [0.15, 0.2) is 71.6 Å². The van der Waals surface area contributed by atoms with Crippen molar-refractivity contribution in [3.05, 3.63) is 94.3 Å². The van der Waals surface area contributed by atoms with Crippen LogP contribution in [0.2, 0.25) is 5.02 Å². The van der Waals surface area contributed by atoms with Gasteiger partial charge in [0.05, 0.1) is 10.6 Å². The van der Waals surface area contributed by atoms with E-state index in [4.69, 9.17) is 11.6 Å². The minimum atomic E-state index is -4.18. The van der Waals surface area contributed by atoms with Crippen LogP contribution in [0.4, 0.5) is 10.1 Å². The lowest BCUT2D eigenvalue weighted by Crippen LogP contribution is -2.50. The molecule has 0 aliphatic heterocycles. The number of halogens is 2. The molecule has 3 rings (SSSR count). The van der Waals surface area contributed by atoms with E-state index in [1.54, 1.807) is 25.1 Å². The monoisotopic (exact) mass is 545 g/mol. The van der Waals surface area contributed by atoms with Gasteiger partial charge in [0.15, 0.2) is 0 Å². The predicted molar refractivity (Wildman–Crippen MR) is 142 cm³/mol. The fourth-order valence-corrected chi connectivity index (χ4v) is 5.25. The number of nitrogens with one attached hydrogen (secondary N) is 1. The highest BCUT2D eigenvalue weighted by atomic mass is 35.5. The molecule has 2 amide bonds. The Morgan fingerprint density at radius 3 is 2.16 bits per heavy atom. The first-order valence-corrected chi connectivity index (χ1v) is 13.4. The zero-order valence-electron chi connectivity index (χ0n) is 21.0. The number of hydrogen-bond donors (Lipinski definition) is 1. The first kappa shape index (κ1) is 28.1. The number of hydrogen-bond acceptors (Lipinski definition) is 4. The van der Waals surface area contributed by atoms with E-state index in [9.17, 15) is 22.4 Å². The lowest BCUT2D eigenvalue weighted by molar-refractivity contribution is -0.139. The molecule has 1 N–H and O–H groups in total. The third kappa shape index (κ3) is 6.67. The Morgan fingerprint density at radius 1 is 0.973 bits per heavy atom. The summed E-state index contributed by atoms with van der Waals surface area (Å²) in [5.74, 6) is -1.46. The van der Waals surface area contributed by atoms with Gasteiger partial charge in [-0.1, -0.05) is 29.8 Å². The van der Waals surface area contributed by atoms with E-state index < -0.39 is 40.2 Å². The maximum atomic E-state index is 13.7. The second kappa shape index (κ2) is 11.7. The molecule has 0 saturated carbocycles.